The molecule has 1 aromatic carbocycles. The summed E-state index contributed by atoms with van der Waals surface area (Å²) in [6, 6.07) is 11.6. The van der Waals surface area contributed by atoms with Gasteiger partial charge in [-0.3, -0.25) is 0 Å². The van der Waals surface area contributed by atoms with Gasteiger partial charge in [0.25, 0.3) is 0 Å². The van der Waals surface area contributed by atoms with Crippen molar-refractivity contribution in [3.05, 3.63) is 35.9 Å². The molecule has 3 unspecified atom stereocenters. The third-order valence-electron chi connectivity index (χ3n) is 4.74. The van der Waals surface area contributed by atoms with E-state index in [1.165, 1.54) is 37.8 Å². The van der Waals surface area contributed by atoms with Crippen LogP contribution in [0.3, 0.4) is 0 Å². The summed E-state index contributed by atoms with van der Waals surface area (Å²) in [5, 5.41) is 4.57. The molecule has 0 saturated heterocycles. The van der Waals surface area contributed by atoms with E-state index in [1.807, 2.05) is 0 Å². The van der Waals surface area contributed by atoms with E-state index in [1.54, 1.807) is 0 Å². The van der Waals surface area contributed by atoms with E-state index >= 15 is 0 Å². The molecule has 1 saturated carbocycles. The second-order valence-electron chi connectivity index (χ2n) is 6.71. The summed E-state index contributed by atoms with van der Waals surface area (Å²) in [5.74, 6) is 2.90. The quantitative estimate of drug-likeness (QED) is 0.751. The van der Waals surface area contributed by atoms with Crippen molar-refractivity contribution in [2.24, 2.45) is 11.8 Å². The van der Waals surface area contributed by atoms with Crippen molar-refractivity contribution in [3.63, 3.8) is 0 Å². The topological polar surface area (TPSA) is 12.0 Å². The maximum absolute atomic E-state index is 3.80. The molecule has 0 aromatic heterocycles. The average molecular weight is 306 g/mol. The molecule has 1 N–H and O–H groups in total. The van der Waals surface area contributed by atoms with Gasteiger partial charge in [0.05, 0.1) is 0 Å². The zero-order valence-corrected chi connectivity index (χ0v) is 14.7. The minimum atomic E-state index is 0.716. The van der Waals surface area contributed by atoms with E-state index in [9.17, 15) is 0 Å². The average Bonchev–Trinajstić information content (AvgIpc) is 2.52. The van der Waals surface area contributed by atoms with Crippen LogP contribution in [-0.4, -0.2) is 17.8 Å². The van der Waals surface area contributed by atoms with Crippen molar-refractivity contribution in [1.29, 1.82) is 0 Å². The predicted octanol–water partition coefficient (Wildman–Crippen LogP) is 5.11. The van der Waals surface area contributed by atoms with Crippen LogP contribution in [0.4, 0.5) is 0 Å². The molecule has 3 atom stereocenters. The Morgan fingerprint density at radius 1 is 1.19 bits per heavy atom. The number of benzene rings is 1. The summed E-state index contributed by atoms with van der Waals surface area (Å²) in [7, 11) is 0. The number of nitrogens with one attached hydrogen (secondary N) is 1. The molecular formula is C19H31NS. The lowest BCUT2D eigenvalue weighted by molar-refractivity contribution is 0.246. The zero-order valence-electron chi connectivity index (χ0n) is 13.8. The second kappa shape index (κ2) is 8.85. The summed E-state index contributed by atoms with van der Waals surface area (Å²) in [4.78, 5) is 0. The number of hydrogen-bond acceptors (Lipinski definition) is 2. The first-order chi connectivity index (χ1) is 10.2. The van der Waals surface area contributed by atoms with Crippen LogP contribution < -0.4 is 5.32 Å². The summed E-state index contributed by atoms with van der Waals surface area (Å²) >= 11 is 2.17. The molecule has 2 heteroatoms. The molecule has 1 aliphatic carbocycles. The Morgan fingerprint density at radius 3 is 2.62 bits per heavy atom. The molecule has 0 heterocycles. The van der Waals surface area contributed by atoms with Crippen molar-refractivity contribution >= 4 is 11.8 Å². The smallest absolute Gasteiger partial charge is 0.0207 e. The Kier molecular flexibility index (Phi) is 7.12. The lowest BCUT2D eigenvalue weighted by Gasteiger charge is -2.38. The minimum absolute atomic E-state index is 0.716. The lowest BCUT2D eigenvalue weighted by atomic mass is 9.79. The van der Waals surface area contributed by atoms with Crippen molar-refractivity contribution in [1.82, 2.24) is 5.32 Å². The van der Waals surface area contributed by atoms with Crippen LogP contribution in [0, 0.1) is 11.8 Å². The SMILES string of the molecule is CCCNC1CCC(C(C)C)CC1SCc1ccccc1. The zero-order chi connectivity index (χ0) is 15.1. The van der Waals surface area contributed by atoms with Gasteiger partial charge in [-0.2, -0.15) is 11.8 Å². The molecule has 0 bridgehead atoms. The fourth-order valence-electron chi connectivity index (χ4n) is 3.29. The largest absolute Gasteiger partial charge is 0.313 e. The summed E-state index contributed by atoms with van der Waals surface area (Å²) < 4.78 is 0. The van der Waals surface area contributed by atoms with Gasteiger partial charge in [0.15, 0.2) is 0 Å². The van der Waals surface area contributed by atoms with Gasteiger partial charge in [-0.1, -0.05) is 51.1 Å². The summed E-state index contributed by atoms with van der Waals surface area (Å²) in [5.41, 5.74) is 1.46. The number of hydrogen-bond donors (Lipinski definition) is 1. The van der Waals surface area contributed by atoms with Crippen molar-refractivity contribution in [2.75, 3.05) is 6.54 Å². The second-order valence-corrected chi connectivity index (χ2v) is 7.94. The first-order valence-corrected chi connectivity index (χ1v) is 9.64. The Labute approximate surface area is 135 Å². The Balaban J connectivity index is 1.92. The van der Waals surface area contributed by atoms with Gasteiger partial charge in [-0.25, -0.2) is 0 Å². The molecule has 1 fully saturated rings. The molecule has 118 valence electrons. The van der Waals surface area contributed by atoms with Crippen LogP contribution in [0.1, 0.15) is 52.0 Å². The molecule has 21 heavy (non-hydrogen) atoms. The fraction of sp³-hybridized carbons (Fsp3) is 0.684. The van der Waals surface area contributed by atoms with Crippen molar-refractivity contribution in [3.8, 4) is 0 Å². The molecule has 1 nitrogen and oxygen atoms in total. The highest BCUT2D eigenvalue weighted by Gasteiger charge is 2.31. The van der Waals surface area contributed by atoms with Gasteiger partial charge in [0.2, 0.25) is 0 Å². The first-order valence-electron chi connectivity index (χ1n) is 8.59. The summed E-state index contributed by atoms with van der Waals surface area (Å²) in [6.07, 6.45) is 5.38. The normalized spacial score (nSPS) is 26.2. The molecular weight excluding hydrogens is 274 g/mol. The van der Waals surface area contributed by atoms with E-state index in [2.05, 4.69) is 68.2 Å². The van der Waals surface area contributed by atoms with Gasteiger partial charge < -0.3 is 5.32 Å². The summed E-state index contributed by atoms with van der Waals surface area (Å²) in [6.45, 7) is 8.21. The lowest BCUT2D eigenvalue weighted by Crippen LogP contribution is -2.43. The Bertz CT molecular complexity index is 390. The van der Waals surface area contributed by atoms with Gasteiger partial charge in [0.1, 0.15) is 0 Å². The highest BCUT2D eigenvalue weighted by molar-refractivity contribution is 7.99. The van der Waals surface area contributed by atoms with Crippen LogP contribution in [0.5, 0.6) is 0 Å². The molecule has 2 rings (SSSR count). The standard InChI is InChI=1S/C19H31NS/c1-4-12-20-18-11-10-17(15(2)3)13-19(18)21-14-16-8-6-5-7-9-16/h5-9,15,17-20H,4,10-14H2,1-3H3. The van der Waals surface area contributed by atoms with Gasteiger partial charge in [-0.05, 0) is 49.6 Å². The van der Waals surface area contributed by atoms with E-state index in [0.29, 0.717) is 6.04 Å². The van der Waals surface area contributed by atoms with Gasteiger partial charge >= 0.3 is 0 Å². The number of thioether (sulfide) groups is 1. The van der Waals surface area contributed by atoms with Gasteiger partial charge in [-0.15, -0.1) is 0 Å². The first kappa shape index (κ1) is 16.9. The maximum atomic E-state index is 3.80. The van der Waals surface area contributed by atoms with E-state index in [-0.39, 0.29) is 0 Å². The van der Waals surface area contributed by atoms with Crippen LogP contribution in [-0.2, 0) is 5.75 Å². The van der Waals surface area contributed by atoms with Crippen molar-refractivity contribution < 1.29 is 0 Å². The highest BCUT2D eigenvalue weighted by atomic mass is 32.2. The highest BCUT2D eigenvalue weighted by Crippen LogP contribution is 2.37. The monoisotopic (exact) mass is 305 g/mol. The third-order valence-corrected chi connectivity index (χ3v) is 6.19. The number of rotatable bonds is 7. The Morgan fingerprint density at radius 2 is 1.95 bits per heavy atom. The molecule has 0 amide bonds. The third kappa shape index (κ3) is 5.34. The molecule has 0 spiro atoms. The van der Waals surface area contributed by atoms with Crippen LogP contribution in [0.15, 0.2) is 30.3 Å². The van der Waals surface area contributed by atoms with E-state index in [0.717, 1.165) is 22.8 Å². The van der Waals surface area contributed by atoms with Crippen LogP contribution >= 0.6 is 11.8 Å². The molecule has 0 aliphatic heterocycles. The Hall–Kier alpha value is -0.470. The van der Waals surface area contributed by atoms with Crippen molar-refractivity contribution in [2.45, 2.75) is 63.5 Å². The fourth-order valence-corrected chi connectivity index (χ4v) is 4.74. The van der Waals surface area contributed by atoms with Gasteiger partial charge in [0, 0.05) is 17.0 Å². The minimum Gasteiger partial charge on any atom is -0.313 e. The molecule has 1 aliphatic rings. The van der Waals surface area contributed by atoms with Crippen LogP contribution in [0.2, 0.25) is 0 Å². The maximum Gasteiger partial charge on any atom is 0.0207 e. The van der Waals surface area contributed by atoms with E-state index in [4.69, 9.17) is 0 Å². The molecule has 0 radical (unpaired) electrons. The van der Waals surface area contributed by atoms with Crippen LogP contribution in [0.25, 0.3) is 0 Å². The predicted molar refractivity (Wildman–Crippen MR) is 95.8 cm³/mol. The van der Waals surface area contributed by atoms with E-state index < -0.39 is 0 Å². The molecule has 1 aromatic rings.